The first kappa shape index (κ1) is 15.4. The van der Waals surface area contributed by atoms with Gasteiger partial charge in [0.1, 0.15) is 0 Å². The van der Waals surface area contributed by atoms with Crippen LogP contribution in [0, 0.1) is 18.3 Å². The lowest BCUT2D eigenvalue weighted by Crippen LogP contribution is -2.09. The van der Waals surface area contributed by atoms with Gasteiger partial charge in [-0.05, 0) is 48.4 Å². The highest BCUT2D eigenvalue weighted by molar-refractivity contribution is 7.90. The largest absolute Gasteiger partial charge is 0.398 e. The van der Waals surface area contributed by atoms with Crippen LogP contribution in [0.25, 0.3) is 0 Å². The molecule has 0 amide bonds. The van der Waals surface area contributed by atoms with Crippen LogP contribution in [0.1, 0.15) is 16.7 Å². The molecule has 2 aromatic carbocycles. The Kier molecular flexibility index (Phi) is 4.21. The number of nitrogens with two attached hydrogens (primary N) is 1. The smallest absolute Gasteiger partial charge is 0.184 e. The fraction of sp³-hybridized carbons (Fsp3) is 0.133. The van der Waals surface area contributed by atoms with Gasteiger partial charge in [0.2, 0.25) is 0 Å². The third kappa shape index (κ3) is 3.35. The van der Waals surface area contributed by atoms with Gasteiger partial charge in [0.25, 0.3) is 0 Å². The van der Waals surface area contributed by atoms with E-state index in [1.807, 2.05) is 6.07 Å². The number of benzene rings is 2. The van der Waals surface area contributed by atoms with Gasteiger partial charge in [0.05, 0.1) is 28.0 Å². The minimum Gasteiger partial charge on any atom is -0.398 e. The van der Waals surface area contributed by atoms with E-state index in [0.29, 0.717) is 16.1 Å². The van der Waals surface area contributed by atoms with Crippen LogP contribution in [-0.4, -0.2) is 8.42 Å². The van der Waals surface area contributed by atoms with E-state index in [0.717, 1.165) is 5.56 Å². The van der Waals surface area contributed by atoms with Crippen LogP contribution in [0.15, 0.2) is 41.3 Å². The number of halogens is 1. The fourth-order valence-electron chi connectivity index (χ4n) is 2.01. The quantitative estimate of drug-likeness (QED) is 0.881. The van der Waals surface area contributed by atoms with Crippen LogP contribution in [-0.2, 0) is 15.6 Å². The lowest BCUT2D eigenvalue weighted by atomic mass is 10.1. The summed E-state index contributed by atoms with van der Waals surface area (Å²) in [5, 5.41) is 9.22. The van der Waals surface area contributed by atoms with E-state index in [2.05, 4.69) is 0 Å². The molecule has 2 N–H and O–H groups in total. The van der Waals surface area contributed by atoms with Crippen molar-refractivity contribution in [2.24, 2.45) is 0 Å². The molecule has 6 heteroatoms. The zero-order valence-electron chi connectivity index (χ0n) is 11.3. The minimum absolute atomic E-state index is 0.0654. The molecule has 0 aliphatic carbocycles. The molecule has 0 saturated heterocycles. The molecule has 0 aliphatic rings. The number of anilines is 1. The Morgan fingerprint density at radius 1 is 1.24 bits per heavy atom. The molecule has 0 aliphatic heterocycles. The van der Waals surface area contributed by atoms with Gasteiger partial charge in [-0.15, -0.1) is 0 Å². The second-order valence-corrected chi connectivity index (χ2v) is 7.09. The van der Waals surface area contributed by atoms with E-state index in [1.54, 1.807) is 25.1 Å². The highest BCUT2D eigenvalue weighted by Crippen LogP contribution is 2.26. The lowest BCUT2D eigenvalue weighted by molar-refractivity contribution is 0.595. The predicted octanol–water partition coefficient (Wildman–Crippen LogP) is 3.08. The van der Waals surface area contributed by atoms with Crippen molar-refractivity contribution in [2.75, 3.05) is 5.73 Å². The molecule has 21 heavy (non-hydrogen) atoms. The zero-order chi connectivity index (χ0) is 15.6. The van der Waals surface area contributed by atoms with Crippen molar-refractivity contribution in [1.29, 1.82) is 5.26 Å². The molecule has 0 atom stereocenters. The maximum absolute atomic E-state index is 12.5. The van der Waals surface area contributed by atoms with Crippen LogP contribution >= 0.6 is 11.6 Å². The average Bonchev–Trinajstić information content (AvgIpc) is 2.40. The fourth-order valence-corrected chi connectivity index (χ4v) is 3.78. The van der Waals surface area contributed by atoms with Gasteiger partial charge in [-0.25, -0.2) is 8.42 Å². The molecule has 0 aromatic heterocycles. The number of nitrogens with zero attached hydrogens (tertiary/aromatic N) is 1. The van der Waals surface area contributed by atoms with Gasteiger partial charge < -0.3 is 5.73 Å². The molecule has 0 saturated carbocycles. The first-order chi connectivity index (χ1) is 9.83. The van der Waals surface area contributed by atoms with Gasteiger partial charge in [0, 0.05) is 5.02 Å². The van der Waals surface area contributed by atoms with Crippen molar-refractivity contribution < 1.29 is 8.42 Å². The number of nitrogen functional groups attached to an aromatic ring is 1. The highest BCUT2D eigenvalue weighted by atomic mass is 35.5. The van der Waals surface area contributed by atoms with Crippen molar-refractivity contribution in [3.8, 4) is 6.07 Å². The number of aryl methyl sites for hydroxylation is 1. The summed E-state index contributed by atoms with van der Waals surface area (Å²) in [7, 11) is -3.57. The maximum Gasteiger partial charge on any atom is 0.184 e. The van der Waals surface area contributed by atoms with E-state index in [4.69, 9.17) is 22.6 Å². The molecule has 2 aromatic rings. The Morgan fingerprint density at radius 3 is 2.52 bits per heavy atom. The zero-order valence-corrected chi connectivity index (χ0v) is 12.9. The van der Waals surface area contributed by atoms with Crippen molar-refractivity contribution in [3.05, 3.63) is 58.1 Å². The Balaban J connectivity index is 2.40. The maximum atomic E-state index is 12.5. The van der Waals surface area contributed by atoms with Crippen molar-refractivity contribution in [2.45, 2.75) is 17.6 Å². The number of sulfone groups is 1. The van der Waals surface area contributed by atoms with Gasteiger partial charge in [0.15, 0.2) is 9.84 Å². The Morgan fingerprint density at radius 2 is 1.95 bits per heavy atom. The standard InChI is InChI=1S/C15H13ClN2O2S/c1-10-6-11(8-17)2-3-12(10)9-21(19,20)15-5-4-13(16)7-14(15)18/h2-7H,9,18H2,1H3. The van der Waals surface area contributed by atoms with Crippen LogP contribution in [0.4, 0.5) is 5.69 Å². The molecule has 108 valence electrons. The Labute approximate surface area is 128 Å². The molecule has 0 bridgehead atoms. The Hall–Kier alpha value is -2.03. The lowest BCUT2D eigenvalue weighted by Gasteiger charge is -2.10. The molecule has 0 unspecified atom stereocenters. The molecule has 4 nitrogen and oxygen atoms in total. The normalized spacial score (nSPS) is 11.1. The van der Waals surface area contributed by atoms with Crippen molar-refractivity contribution in [1.82, 2.24) is 0 Å². The van der Waals surface area contributed by atoms with Gasteiger partial charge in [-0.3, -0.25) is 0 Å². The van der Waals surface area contributed by atoms with Gasteiger partial charge in [-0.2, -0.15) is 5.26 Å². The second-order valence-electron chi connectivity index (χ2n) is 4.69. The number of hydrogen-bond donors (Lipinski definition) is 1. The highest BCUT2D eigenvalue weighted by Gasteiger charge is 2.19. The summed E-state index contributed by atoms with van der Waals surface area (Å²) in [5.74, 6) is -0.170. The third-order valence-corrected chi connectivity index (χ3v) is 5.09. The van der Waals surface area contributed by atoms with E-state index >= 15 is 0 Å². The second kappa shape index (κ2) is 5.76. The molecule has 0 radical (unpaired) electrons. The molecular weight excluding hydrogens is 308 g/mol. The molecule has 0 spiro atoms. The minimum atomic E-state index is -3.57. The molecule has 0 heterocycles. The Bertz CT molecular complexity index is 839. The average molecular weight is 321 g/mol. The van der Waals surface area contributed by atoms with Crippen molar-refractivity contribution in [3.63, 3.8) is 0 Å². The van der Waals surface area contributed by atoms with E-state index < -0.39 is 9.84 Å². The summed E-state index contributed by atoms with van der Waals surface area (Å²) >= 11 is 5.78. The first-order valence-electron chi connectivity index (χ1n) is 6.11. The summed E-state index contributed by atoms with van der Waals surface area (Å²) < 4.78 is 24.9. The van der Waals surface area contributed by atoms with Crippen LogP contribution in [0.3, 0.4) is 0 Å². The number of nitriles is 1. The number of hydrogen-bond acceptors (Lipinski definition) is 4. The summed E-state index contributed by atoms with van der Waals surface area (Å²) in [5.41, 5.74) is 7.77. The topological polar surface area (TPSA) is 84.0 Å². The molecular formula is C15H13ClN2O2S. The van der Waals surface area contributed by atoms with Gasteiger partial charge >= 0.3 is 0 Å². The van der Waals surface area contributed by atoms with Crippen LogP contribution in [0.2, 0.25) is 5.02 Å². The summed E-state index contributed by atoms with van der Waals surface area (Å²) in [6, 6.07) is 11.3. The summed E-state index contributed by atoms with van der Waals surface area (Å²) in [6.45, 7) is 1.77. The monoisotopic (exact) mass is 320 g/mol. The van der Waals surface area contributed by atoms with E-state index in [9.17, 15) is 8.42 Å². The van der Waals surface area contributed by atoms with Crippen LogP contribution in [0.5, 0.6) is 0 Å². The predicted molar refractivity (Wildman–Crippen MR) is 82.6 cm³/mol. The van der Waals surface area contributed by atoms with Gasteiger partial charge in [-0.1, -0.05) is 17.7 Å². The summed E-state index contributed by atoms with van der Waals surface area (Å²) in [6.07, 6.45) is 0. The number of rotatable bonds is 3. The van der Waals surface area contributed by atoms with E-state index in [-0.39, 0.29) is 16.3 Å². The summed E-state index contributed by atoms with van der Waals surface area (Å²) in [4.78, 5) is 0.0654. The van der Waals surface area contributed by atoms with E-state index in [1.165, 1.54) is 18.2 Å². The third-order valence-electron chi connectivity index (χ3n) is 3.12. The molecule has 0 fully saturated rings. The SMILES string of the molecule is Cc1cc(C#N)ccc1CS(=O)(=O)c1ccc(Cl)cc1N. The van der Waals surface area contributed by atoms with Crippen molar-refractivity contribution >= 4 is 27.1 Å². The first-order valence-corrected chi connectivity index (χ1v) is 8.14. The van der Waals surface area contributed by atoms with Crippen LogP contribution < -0.4 is 5.73 Å². The molecule has 2 rings (SSSR count).